The SMILES string of the molecule is Cc1cnn(C)c1-c1ccc(C(=O)N[C@@H]2CNCC[C@H]2c2cccc(F)c2)s1.Cl. The smallest absolute Gasteiger partial charge is 0.261 e. The zero-order chi connectivity index (χ0) is 19.7. The van der Waals surface area contributed by atoms with Crippen molar-refractivity contribution in [2.75, 3.05) is 13.1 Å². The Balaban J connectivity index is 0.00000240. The number of aryl methyl sites for hydroxylation is 2. The van der Waals surface area contributed by atoms with Gasteiger partial charge in [-0.1, -0.05) is 12.1 Å². The van der Waals surface area contributed by atoms with E-state index in [4.69, 9.17) is 0 Å². The van der Waals surface area contributed by atoms with Gasteiger partial charge in [-0.05, 0) is 55.3 Å². The zero-order valence-electron chi connectivity index (χ0n) is 16.3. The van der Waals surface area contributed by atoms with Crippen LogP contribution in [0.3, 0.4) is 0 Å². The van der Waals surface area contributed by atoms with Crippen molar-refractivity contribution in [2.45, 2.75) is 25.3 Å². The Bertz CT molecular complexity index is 983. The summed E-state index contributed by atoms with van der Waals surface area (Å²) in [6.45, 7) is 3.54. The van der Waals surface area contributed by atoms with Gasteiger partial charge in [-0.25, -0.2) is 4.39 Å². The predicted octanol–water partition coefficient (Wildman–Crippen LogP) is 3.89. The number of aromatic nitrogens is 2. The van der Waals surface area contributed by atoms with E-state index < -0.39 is 0 Å². The lowest BCUT2D eigenvalue weighted by atomic mass is 9.86. The van der Waals surface area contributed by atoms with Crippen molar-refractivity contribution in [3.05, 3.63) is 64.4 Å². The van der Waals surface area contributed by atoms with Crippen LogP contribution >= 0.6 is 23.7 Å². The Morgan fingerprint density at radius 1 is 1.34 bits per heavy atom. The van der Waals surface area contributed by atoms with Crippen molar-refractivity contribution in [2.24, 2.45) is 7.05 Å². The van der Waals surface area contributed by atoms with Crippen molar-refractivity contribution in [3.8, 4) is 10.6 Å². The first-order valence-corrected chi connectivity index (χ1v) is 10.2. The number of carbonyl (C=O) groups excluding carboxylic acids is 1. The lowest BCUT2D eigenvalue weighted by Crippen LogP contribution is -2.49. The maximum Gasteiger partial charge on any atom is 0.261 e. The summed E-state index contributed by atoms with van der Waals surface area (Å²) in [4.78, 5) is 14.6. The lowest BCUT2D eigenvalue weighted by molar-refractivity contribution is 0.0928. The Kier molecular flexibility index (Phi) is 6.72. The van der Waals surface area contributed by atoms with Gasteiger partial charge in [0.15, 0.2) is 0 Å². The Morgan fingerprint density at radius 2 is 2.17 bits per heavy atom. The van der Waals surface area contributed by atoms with Gasteiger partial charge in [0.05, 0.1) is 21.6 Å². The second-order valence-corrected chi connectivity index (χ2v) is 8.28. The van der Waals surface area contributed by atoms with E-state index in [2.05, 4.69) is 15.7 Å². The molecule has 0 bridgehead atoms. The molecule has 0 saturated carbocycles. The largest absolute Gasteiger partial charge is 0.347 e. The summed E-state index contributed by atoms with van der Waals surface area (Å²) in [6.07, 6.45) is 2.68. The van der Waals surface area contributed by atoms with Crippen molar-refractivity contribution >= 4 is 29.7 Å². The quantitative estimate of drug-likeness (QED) is 0.654. The Labute approximate surface area is 179 Å². The molecule has 1 saturated heterocycles. The highest BCUT2D eigenvalue weighted by atomic mass is 35.5. The van der Waals surface area contributed by atoms with Crippen LogP contribution in [-0.4, -0.2) is 34.8 Å². The maximum absolute atomic E-state index is 13.7. The number of hydrogen-bond donors (Lipinski definition) is 2. The van der Waals surface area contributed by atoms with Crippen LogP contribution in [0.4, 0.5) is 4.39 Å². The third-order valence-corrected chi connectivity index (χ3v) is 6.35. The van der Waals surface area contributed by atoms with Gasteiger partial charge in [0, 0.05) is 25.6 Å². The Hall–Kier alpha value is -2.22. The molecule has 2 atom stereocenters. The summed E-state index contributed by atoms with van der Waals surface area (Å²) in [7, 11) is 1.90. The molecule has 3 aromatic rings. The highest BCUT2D eigenvalue weighted by molar-refractivity contribution is 7.17. The molecule has 1 amide bonds. The summed E-state index contributed by atoms with van der Waals surface area (Å²) in [5, 5.41) is 10.8. The lowest BCUT2D eigenvalue weighted by Gasteiger charge is -2.33. The number of hydrogen-bond acceptors (Lipinski definition) is 4. The summed E-state index contributed by atoms with van der Waals surface area (Å²) in [6, 6.07) is 10.4. The average molecular weight is 435 g/mol. The van der Waals surface area contributed by atoms with Crippen LogP contribution in [0.2, 0.25) is 0 Å². The monoisotopic (exact) mass is 434 g/mol. The van der Waals surface area contributed by atoms with E-state index in [9.17, 15) is 9.18 Å². The molecule has 154 valence electrons. The Morgan fingerprint density at radius 3 is 2.90 bits per heavy atom. The van der Waals surface area contributed by atoms with Crippen LogP contribution in [0.5, 0.6) is 0 Å². The van der Waals surface area contributed by atoms with Gasteiger partial charge < -0.3 is 10.6 Å². The molecule has 1 fully saturated rings. The number of rotatable bonds is 4. The van der Waals surface area contributed by atoms with E-state index in [1.807, 2.05) is 43.0 Å². The van der Waals surface area contributed by atoms with Crippen LogP contribution in [0.15, 0.2) is 42.6 Å². The van der Waals surface area contributed by atoms with Gasteiger partial charge in [-0.3, -0.25) is 9.48 Å². The first kappa shape index (κ1) is 21.5. The first-order chi connectivity index (χ1) is 13.5. The van der Waals surface area contributed by atoms with Crippen LogP contribution in [-0.2, 0) is 7.05 Å². The van der Waals surface area contributed by atoms with Gasteiger partial charge in [0.1, 0.15) is 5.82 Å². The molecule has 0 radical (unpaired) electrons. The molecule has 5 nitrogen and oxygen atoms in total. The summed E-state index contributed by atoms with van der Waals surface area (Å²) in [5.74, 6) is -0.235. The van der Waals surface area contributed by atoms with Gasteiger partial charge in [-0.2, -0.15) is 5.10 Å². The summed E-state index contributed by atoms with van der Waals surface area (Å²) in [5.41, 5.74) is 3.05. The normalized spacial score (nSPS) is 18.9. The summed E-state index contributed by atoms with van der Waals surface area (Å²) < 4.78 is 15.5. The number of carbonyl (C=O) groups is 1. The molecule has 1 aliphatic heterocycles. The fourth-order valence-electron chi connectivity index (χ4n) is 3.87. The molecular weight excluding hydrogens is 411 g/mol. The van der Waals surface area contributed by atoms with E-state index in [0.717, 1.165) is 34.7 Å². The minimum absolute atomic E-state index is 0. The van der Waals surface area contributed by atoms with E-state index in [1.54, 1.807) is 12.1 Å². The second kappa shape index (κ2) is 9.07. The van der Waals surface area contributed by atoms with Crippen molar-refractivity contribution in [1.29, 1.82) is 0 Å². The standard InChI is InChI=1S/C21H23FN4OS.ClH/c1-13-11-24-26(2)20(13)18-6-7-19(28-18)21(27)25-17-12-23-9-8-16(17)14-4-3-5-15(22)10-14;/h3-7,10-11,16-17,23H,8-9,12H2,1-2H3,(H,25,27);1H/t16-,17+;/m0./s1. The van der Waals surface area contributed by atoms with E-state index in [-0.39, 0.29) is 36.1 Å². The third-order valence-electron chi connectivity index (χ3n) is 5.26. The molecule has 2 N–H and O–H groups in total. The second-order valence-electron chi connectivity index (χ2n) is 7.20. The molecule has 4 rings (SSSR count). The molecule has 8 heteroatoms. The number of piperidine rings is 1. The molecule has 29 heavy (non-hydrogen) atoms. The maximum atomic E-state index is 13.7. The van der Waals surface area contributed by atoms with Crippen LogP contribution < -0.4 is 10.6 Å². The van der Waals surface area contributed by atoms with Gasteiger partial charge in [-0.15, -0.1) is 23.7 Å². The van der Waals surface area contributed by atoms with Gasteiger partial charge >= 0.3 is 0 Å². The van der Waals surface area contributed by atoms with Gasteiger partial charge in [0.2, 0.25) is 0 Å². The highest BCUT2D eigenvalue weighted by Gasteiger charge is 2.28. The van der Waals surface area contributed by atoms with E-state index >= 15 is 0 Å². The summed E-state index contributed by atoms with van der Waals surface area (Å²) >= 11 is 1.46. The number of nitrogens with zero attached hydrogens (tertiary/aromatic N) is 2. The van der Waals surface area contributed by atoms with E-state index in [0.29, 0.717) is 11.4 Å². The van der Waals surface area contributed by atoms with Crippen molar-refractivity contribution in [1.82, 2.24) is 20.4 Å². The number of halogens is 2. The fourth-order valence-corrected chi connectivity index (χ4v) is 4.92. The van der Waals surface area contributed by atoms with Crippen LogP contribution in [0.25, 0.3) is 10.6 Å². The number of benzene rings is 1. The first-order valence-electron chi connectivity index (χ1n) is 9.39. The molecule has 0 aliphatic carbocycles. The predicted molar refractivity (Wildman–Crippen MR) is 116 cm³/mol. The molecular formula is C21H24ClFN4OS. The van der Waals surface area contributed by atoms with Crippen molar-refractivity contribution < 1.29 is 9.18 Å². The van der Waals surface area contributed by atoms with E-state index in [1.165, 1.54) is 17.4 Å². The number of amides is 1. The fraction of sp³-hybridized carbons (Fsp3) is 0.333. The van der Waals surface area contributed by atoms with Crippen molar-refractivity contribution in [3.63, 3.8) is 0 Å². The minimum Gasteiger partial charge on any atom is -0.347 e. The topological polar surface area (TPSA) is 59.0 Å². The molecule has 1 aliphatic rings. The van der Waals surface area contributed by atoms with Crippen LogP contribution in [0.1, 0.15) is 33.1 Å². The molecule has 2 aromatic heterocycles. The van der Waals surface area contributed by atoms with Crippen LogP contribution in [0, 0.1) is 12.7 Å². The number of nitrogens with one attached hydrogen (secondary N) is 2. The molecule has 1 aromatic carbocycles. The molecule has 0 unspecified atom stereocenters. The third kappa shape index (κ3) is 4.52. The zero-order valence-corrected chi connectivity index (χ0v) is 17.9. The van der Waals surface area contributed by atoms with Gasteiger partial charge in [0.25, 0.3) is 5.91 Å². The minimum atomic E-state index is -0.240. The highest BCUT2D eigenvalue weighted by Crippen LogP contribution is 2.31. The average Bonchev–Trinajstić information content (AvgIpc) is 3.28. The molecule has 0 spiro atoms. The molecule has 3 heterocycles. The number of thiophene rings is 1.